The minimum absolute atomic E-state index is 0.000420. The van der Waals surface area contributed by atoms with Gasteiger partial charge < -0.3 is 5.11 Å². The van der Waals surface area contributed by atoms with Gasteiger partial charge in [0.1, 0.15) is 5.75 Å². The van der Waals surface area contributed by atoms with Crippen LogP contribution in [-0.4, -0.2) is 10.9 Å². The normalized spacial score (nSPS) is 10.1. The predicted molar refractivity (Wildman–Crippen MR) is 56.7 cm³/mol. The number of para-hydroxylation sites is 1. The third kappa shape index (κ3) is 2.13. The maximum absolute atomic E-state index is 11.4. The van der Waals surface area contributed by atoms with Crippen LogP contribution in [0.15, 0.2) is 18.2 Å². The lowest BCUT2D eigenvalue weighted by Gasteiger charge is -2.07. The van der Waals surface area contributed by atoms with E-state index in [-0.39, 0.29) is 11.5 Å². The highest BCUT2D eigenvalue weighted by Crippen LogP contribution is 2.24. The van der Waals surface area contributed by atoms with Crippen molar-refractivity contribution in [1.82, 2.24) is 0 Å². The topological polar surface area (TPSA) is 37.3 Å². The lowest BCUT2D eigenvalue weighted by molar-refractivity contribution is 0.0985. The molecule has 1 N–H and O–H groups in total. The van der Waals surface area contributed by atoms with Crippen LogP contribution >= 0.6 is 0 Å². The van der Waals surface area contributed by atoms with Gasteiger partial charge in [0, 0.05) is 6.42 Å². The van der Waals surface area contributed by atoms with Crippen molar-refractivity contribution in [2.24, 2.45) is 0 Å². The van der Waals surface area contributed by atoms with Crippen LogP contribution in [0.4, 0.5) is 0 Å². The number of phenols is 1. The number of phenolic OH excluding ortho intramolecular Hbond substituents is 1. The Morgan fingerprint density at radius 1 is 1.36 bits per heavy atom. The second kappa shape index (κ2) is 4.80. The number of hydrogen-bond donors (Lipinski definition) is 1. The first-order chi connectivity index (χ1) is 6.70. The molecule has 0 fully saturated rings. The van der Waals surface area contributed by atoms with Crippen molar-refractivity contribution in [2.75, 3.05) is 0 Å². The first-order valence-corrected chi connectivity index (χ1v) is 5.04. The van der Waals surface area contributed by atoms with Gasteiger partial charge in [-0.2, -0.15) is 0 Å². The van der Waals surface area contributed by atoms with Crippen LogP contribution in [0, 0.1) is 0 Å². The van der Waals surface area contributed by atoms with Crippen LogP contribution in [0.3, 0.4) is 0 Å². The maximum atomic E-state index is 11.4. The molecule has 0 bridgehead atoms. The molecule has 0 amide bonds. The standard InChI is InChI=1S/C12H16O2/c1-3-6-9-7-5-8-10(12(9)14)11(13)4-2/h5,7-8,14H,3-4,6H2,1-2H3. The van der Waals surface area contributed by atoms with Gasteiger partial charge in [-0.1, -0.05) is 32.4 Å². The summed E-state index contributed by atoms with van der Waals surface area (Å²) in [5, 5.41) is 9.80. The van der Waals surface area contributed by atoms with Gasteiger partial charge in [-0.15, -0.1) is 0 Å². The molecule has 0 aliphatic carbocycles. The smallest absolute Gasteiger partial charge is 0.166 e. The Morgan fingerprint density at radius 2 is 2.07 bits per heavy atom. The van der Waals surface area contributed by atoms with Crippen LogP contribution in [0.1, 0.15) is 42.6 Å². The molecular weight excluding hydrogens is 176 g/mol. The maximum Gasteiger partial charge on any atom is 0.166 e. The largest absolute Gasteiger partial charge is 0.507 e. The number of hydrogen-bond acceptors (Lipinski definition) is 2. The van der Waals surface area contributed by atoms with Gasteiger partial charge in [0.15, 0.2) is 5.78 Å². The molecule has 0 aliphatic heterocycles. The molecule has 0 aliphatic rings. The van der Waals surface area contributed by atoms with Crippen LogP contribution in [0.25, 0.3) is 0 Å². The van der Waals surface area contributed by atoms with E-state index in [1.54, 1.807) is 13.0 Å². The number of aromatic hydroxyl groups is 1. The monoisotopic (exact) mass is 192 g/mol. The molecule has 0 atom stereocenters. The second-order valence-corrected chi connectivity index (χ2v) is 3.34. The SMILES string of the molecule is CCCc1cccc(C(=O)CC)c1O. The average Bonchev–Trinajstić information content (AvgIpc) is 2.20. The lowest BCUT2D eigenvalue weighted by Crippen LogP contribution is -1.99. The second-order valence-electron chi connectivity index (χ2n) is 3.34. The summed E-state index contributed by atoms with van der Waals surface area (Å²) in [4.78, 5) is 11.4. The van der Waals surface area contributed by atoms with Gasteiger partial charge in [-0.05, 0) is 18.1 Å². The van der Waals surface area contributed by atoms with E-state index in [9.17, 15) is 9.90 Å². The number of carbonyl (C=O) groups is 1. The summed E-state index contributed by atoms with van der Waals surface area (Å²) >= 11 is 0. The first-order valence-electron chi connectivity index (χ1n) is 5.04. The van der Waals surface area contributed by atoms with Crippen molar-refractivity contribution in [3.05, 3.63) is 29.3 Å². The summed E-state index contributed by atoms with van der Waals surface area (Å²) in [7, 11) is 0. The zero-order valence-corrected chi connectivity index (χ0v) is 8.71. The molecule has 0 saturated heterocycles. The van der Waals surface area contributed by atoms with Crippen molar-refractivity contribution >= 4 is 5.78 Å². The summed E-state index contributed by atoms with van der Waals surface area (Å²) < 4.78 is 0. The molecule has 0 radical (unpaired) electrons. The Kier molecular flexibility index (Phi) is 3.69. The molecule has 0 heterocycles. The van der Waals surface area contributed by atoms with Crippen LogP contribution < -0.4 is 0 Å². The molecule has 2 heteroatoms. The van der Waals surface area contributed by atoms with Gasteiger partial charge in [0.2, 0.25) is 0 Å². The summed E-state index contributed by atoms with van der Waals surface area (Å²) in [6.07, 6.45) is 2.22. The lowest BCUT2D eigenvalue weighted by atomic mass is 10.0. The fourth-order valence-electron chi connectivity index (χ4n) is 1.48. The number of Topliss-reactive ketones (excluding diaryl/α,β-unsaturated/α-hetero) is 1. The quantitative estimate of drug-likeness (QED) is 0.745. The number of carbonyl (C=O) groups excluding carboxylic acids is 1. The number of ketones is 1. The molecule has 14 heavy (non-hydrogen) atoms. The molecule has 0 saturated carbocycles. The van der Waals surface area contributed by atoms with Crippen molar-refractivity contribution in [1.29, 1.82) is 0 Å². The number of aryl methyl sites for hydroxylation is 1. The molecule has 1 aromatic rings. The Morgan fingerprint density at radius 3 is 2.64 bits per heavy atom. The van der Waals surface area contributed by atoms with Gasteiger partial charge >= 0.3 is 0 Å². The highest BCUT2D eigenvalue weighted by atomic mass is 16.3. The van der Waals surface area contributed by atoms with Crippen molar-refractivity contribution in [2.45, 2.75) is 33.1 Å². The Hall–Kier alpha value is -1.31. The molecule has 1 rings (SSSR count). The van der Waals surface area contributed by atoms with Gasteiger partial charge in [-0.3, -0.25) is 4.79 Å². The summed E-state index contributed by atoms with van der Waals surface area (Å²) in [6, 6.07) is 5.37. The molecule has 2 nitrogen and oxygen atoms in total. The Bertz CT molecular complexity index is 329. The molecule has 76 valence electrons. The van der Waals surface area contributed by atoms with E-state index in [1.165, 1.54) is 0 Å². The molecule has 0 spiro atoms. The fraction of sp³-hybridized carbons (Fsp3) is 0.417. The molecular formula is C12H16O2. The van der Waals surface area contributed by atoms with E-state index < -0.39 is 0 Å². The van der Waals surface area contributed by atoms with Gasteiger partial charge in [0.25, 0.3) is 0 Å². The minimum atomic E-state index is 0.000420. The Balaban J connectivity index is 3.07. The summed E-state index contributed by atoms with van der Waals surface area (Å²) in [6.45, 7) is 3.85. The fourth-order valence-corrected chi connectivity index (χ4v) is 1.48. The van der Waals surface area contributed by atoms with E-state index >= 15 is 0 Å². The third-order valence-corrected chi connectivity index (χ3v) is 2.26. The van der Waals surface area contributed by atoms with E-state index in [0.29, 0.717) is 12.0 Å². The predicted octanol–water partition coefficient (Wildman–Crippen LogP) is 2.94. The van der Waals surface area contributed by atoms with Crippen molar-refractivity contribution in [3.63, 3.8) is 0 Å². The van der Waals surface area contributed by atoms with Gasteiger partial charge in [-0.25, -0.2) is 0 Å². The molecule has 0 unspecified atom stereocenters. The van der Waals surface area contributed by atoms with Crippen LogP contribution in [-0.2, 0) is 6.42 Å². The zero-order valence-electron chi connectivity index (χ0n) is 8.71. The van der Waals surface area contributed by atoms with E-state index in [1.807, 2.05) is 19.1 Å². The minimum Gasteiger partial charge on any atom is -0.507 e. The van der Waals surface area contributed by atoms with E-state index in [0.717, 1.165) is 18.4 Å². The highest BCUT2D eigenvalue weighted by Gasteiger charge is 2.11. The Labute approximate surface area is 84.6 Å². The van der Waals surface area contributed by atoms with Crippen LogP contribution in [0.2, 0.25) is 0 Å². The summed E-state index contributed by atoms with van der Waals surface area (Å²) in [5.74, 6) is 0.168. The molecule has 0 aromatic heterocycles. The number of rotatable bonds is 4. The highest BCUT2D eigenvalue weighted by molar-refractivity contribution is 5.98. The van der Waals surface area contributed by atoms with E-state index in [4.69, 9.17) is 0 Å². The number of benzene rings is 1. The van der Waals surface area contributed by atoms with Gasteiger partial charge in [0.05, 0.1) is 5.56 Å². The van der Waals surface area contributed by atoms with Crippen molar-refractivity contribution in [3.8, 4) is 5.75 Å². The summed E-state index contributed by atoms with van der Waals surface area (Å²) in [5.41, 5.74) is 1.32. The van der Waals surface area contributed by atoms with Crippen molar-refractivity contribution < 1.29 is 9.90 Å². The first kappa shape index (κ1) is 10.8. The van der Waals surface area contributed by atoms with Crippen LogP contribution in [0.5, 0.6) is 5.75 Å². The zero-order chi connectivity index (χ0) is 10.6. The molecule has 1 aromatic carbocycles. The third-order valence-electron chi connectivity index (χ3n) is 2.26. The van der Waals surface area contributed by atoms with E-state index in [2.05, 4.69) is 0 Å². The average molecular weight is 192 g/mol.